The van der Waals surface area contributed by atoms with Crippen LogP contribution < -0.4 is 5.32 Å². The van der Waals surface area contributed by atoms with Gasteiger partial charge in [-0.25, -0.2) is 4.98 Å². The van der Waals surface area contributed by atoms with Crippen LogP contribution >= 0.6 is 0 Å². The summed E-state index contributed by atoms with van der Waals surface area (Å²) in [6.07, 6.45) is 9.11. The van der Waals surface area contributed by atoms with Crippen molar-refractivity contribution < 1.29 is 9.53 Å². The third-order valence-electron chi connectivity index (χ3n) is 4.94. The fourth-order valence-electron chi connectivity index (χ4n) is 3.59. The summed E-state index contributed by atoms with van der Waals surface area (Å²) in [6, 6.07) is 0.221. The third kappa shape index (κ3) is 4.29. The zero-order valence-corrected chi connectivity index (χ0v) is 13.9. The first kappa shape index (κ1) is 16.4. The first-order valence-corrected chi connectivity index (χ1v) is 8.71. The number of carbonyl (C=O) groups is 1. The Morgan fingerprint density at radius 3 is 3.04 bits per heavy atom. The molecule has 1 aromatic heterocycles. The summed E-state index contributed by atoms with van der Waals surface area (Å²) in [6.45, 7) is 5.22. The Balaban J connectivity index is 1.54. The molecule has 128 valence electrons. The highest BCUT2D eigenvalue weighted by Crippen LogP contribution is 2.21. The maximum atomic E-state index is 12.5. The molecule has 7 nitrogen and oxygen atoms in total. The molecule has 3 atom stereocenters. The Kier molecular flexibility index (Phi) is 5.61. The standard InChI is InChI=1S/C16H27N5O2/c1-13(16(22)18-9-15-6-4-8-23-15)21-7-3-2-5-14(21)10-20-12-17-11-19-20/h11-15H,2-10H2,1H3,(H,18,22)/t13-,14+,15+/m1/s1. The van der Waals surface area contributed by atoms with E-state index < -0.39 is 0 Å². The molecular weight excluding hydrogens is 294 g/mol. The molecule has 3 heterocycles. The maximum absolute atomic E-state index is 12.5. The van der Waals surface area contributed by atoms with E-state index in [0.29, 0.717) is 12.6 Å². The van der Waals surface area contributed by atoms with Crippen LogP contribution in [0.3, 0.4) is 0 Å². The van der Waals surface area contributed by atoms with Gasteiger partial charge in [-0.15, -0.1) is 0 Å². The average Bonchev–Trinajstić information content (AvgIpc) is 3.26. The minimum Gasteiger partial charge on any atom is -0.376 e. The molecule has 0 saturated carbocycles. The lowest BCUT2D eigenvalue weighted by atomic mass is 9.99. The molecule has 0 bridgehead atoms. The molecule has 1 aromatic rings. The monoisotopic (exact) mass is 321 g/mol. The van der Waals surface area contributed by atoms with Gasteiger partial charge in [-0.1, -0.05) is 6.42 Å². The summed E-state index contributed by atoms with van der Waals surface area (Å²) in [7, 11) is 0. The van der Waals surface area contributed by atoms with Gasteiger partial charge >= 0.3 is 0 Å². The van der Waals surface area contributed by atoms with E-state index >= 15 is 0 Å². The second kappa shape index (κ2) is 7.88. The smallest absolute Gasteiger partial charge is 0.237 e. The second-order valence-corrected chi connectivity index (χ2v) is 6.56. The minimum absolute atomic E-state index is 0.103. The van der Waals surface area contributed by atoms with Crippen LogP contribution in [0, 0.1) is 0 Å². The highest BCUT2D eigenvalue weighted by molar-refractivity contribution is 5.81. The number of piperidine rings is 1. The van der Waals surface area contributed by atoms with Crippen LogP contribution in [-0.4, -0.2) is 63.5 Å². The van der Waals surface area contributed by atoms with Crippen LogP contribution in [0.15, 0.2) is 12.7 Å². The van der Waals surface area contributed by atoms with E-state index in [-0.39, 0.29) is 18.1 Å². The number of carbonyl (C=O) groups excluding carboxylic acids is 1. The molecule has 0 aliphatic carbocycles. The van der Waals surface area contributed by atoms with E-state index in [0.717, 1.165) is 45.4 Å². The number of ether oxygens (including phenoxy) is 1. The van der Waals surface area contributed by atoms with Gasteiger partial charge < -0.3 is 10.1 Å². The summed E-state index contributed by atoms with van der Waals surface area (Å²) in [5, 5.41) is 7.26. The maximum Gasteiger partial charge on any atom is 0.237 e. The number of hydrogen-bond donors (Lipinski definition) is 1. The van der Waals surface area contributed by atoms with E-state index in [2.05, 4.69) is 20.3 Å². The molecule has 2 saturated heterocycles. The number of nitrogens with one attached hydrogen (secondary N) is 1. The summed E-state index contributed by atoms with van der Waals surface area (Å²) < 4.78 is 7.43. The Morgan fingerprint density at radius 2 is 2.30 bits per heavy atom. The first-order chi connectivity index (χ1) is 11.2. The van der Waals surface area contributed by atoms with Gasteiger partial charge in [0.2, 0.25) is 5.91 Å². The molecule has 0 spiro atoms. The van der Waals surface area contributed by atoms with Gasteiger partial charge in [-0.3, -0.25) is 14.4 Å². The molecule has 23 heavy (non-hydrogen) atoms. The van der Waals surface area contributed by atoms with Crippen LogP contribution in [-0.2, 0) is 16.1 Å². The van der Waals surface area contributed by atoms with Gasteiger partial charge in [-0.2, -0.15) is 5.10 Å². The van der Waals surface area contributed by atoms with Crippen LogP contribution in [0.2, 0.25) is 0 Å². The van der Waals surface area contributed by atoms with E-state index in [1.807, 2.05) is 11.6 Å². The molecule has 2 aliphatic rings. The quantitative estimate of drug-likeness (QED) is 0.840. The summed E-state index contributed by atoms with van der Waals surface area (Å²) in [5.41, 5.74) is 0. The second-order valence-electron chi connectivity index (χ2n) is 6.56. The van der Waals surface area contributed by atoms with Crippen molar-refractivity contribution in [3.63, 3.8) is 0 Å². The van der Waals surface area contributed by atoms with Crippen molar-refractivity contribution >= 4 is 5.91 Å². The van der Waals surface area contributed by atoms with E-state index in [4.69, 9.17) is 4.74 Å². The number of nitrogens with zero attached hydrogens (tertiary/aromatic N) is 4. The third-order valence-corrected chi connectivity index (χ3v) is 4.94. The molecule has 1 N–H and O–H groups in total. The van der Waals surface area contributed by atoms with Crippen molar-refractivity contribution in [3.05, 3.63) is 12.7 Å². The highest BCUT2D eigenvalue weighted by atomic mass is 16.5. The topological polar surface area (TPSA) is 72.3 Å². The highest BCUT2D eigenvalue weighted by Gasteiger charge is 2.31. The normalized spacial score (nSPS) is 27.0. The van der Waals surface area contributed by atoms with Crippen molar-refractivity contribution in [2.24, 2.45) is 0 Å². The zero-order valence-electron chi connectivity index (χ0n) is 13.9. The van der Waals surface area contributed by atoms with Crippen LogP contribution in [0.5, 0.6) is 0 Å². The predicted octanol–water partition coefficient (Wildman–Crippen LogP) is 0.816. The summed E-state index contributed by atoms with van der Waals surface area (Å²) in [5.74, 6) is 0.103. The SMILES string of the molecule is C[C@H](C(=O)NC[C@@H]1CCCO1)N1CCCC[C@H]1Cn1cncn1. The molecule has 0 radical (unpaired) electrons. The van der Waals surface area contributed by atoms with Gasteiger partial charge in [0, 0.05) is 19.2 Å². The zero-order chi connectivity index (χ0) is 16.1. The van der Waals surface area contributed by atoms with Crippen LogP contribution in [0.4, 0.5) is 0 Å². The summed E-state index contributed by atoms with van der Waals surface area (Å²) >= 11 is 0. The fourth-order valence-corrected chi connectivity index (χ4v) is 3.59. The Hall–Kier alpha value is -1.47. The lowest BCUT2D eigenvalue weighted by molar-refractivity contribution is -0.128. The van der Waals surface area contributed by atoms with Gasteiger partial charge in [0.1, 0.15) is 12.7 Å². The summed E-state index contributed by atoms with van der Waals surface area (Å²) in [4.78, 5) is 18.8. The van der Waals surface area contributed by atoms with Gasteiger partial charge in [-0.05, 0) is 39.2 Å². The predicted molar refractivity (Wildman–Crippen MR) is 85.8 cm³/mol. The van der Waals surface area contributed by atoms with Gasteiger partial charge in [0.05, 0.1) is 18.7 Å². The lowest BCUT2D eigenvalue weighted by Gasteiger charge is -2.39. The minimum atomic E-state index is -0.120. The molecular formula is C16H27N5O2. The number of likely N-dealkylation sites (tertiary alicyclic amines) is 1. The molecule has 0 aromatic carbocycles. The van der Waals surface area contributed by atoms with Crippen molar-refractivity contribution in [2.45, 2.75) is 63.8 Å². The van der Waals surface area contributed by atoms with Crippen molar-refractivity contribution in [2.75, 3.05) is 19.7 Å². The van der Waals surface area contributed by atoms with Crippen molar-refractivity contribution in [3.8, 4) is 0 Å². The van der Waals surface area contributed by atoms with Crippen molar-refractivity contribution in [1.82, 2.24) is 25.0 Å². The fraction of sp³-hybridized carbons (Fsp3) is 0.812. The number of amides is 1. The Bertz CT molecular complexity index is 487. The first-order valence-electron chi connectivity index (χ1n) is 8.71. The Morgan fingerprint density at radius 1 is 1.39 bits per heavy atom. The van der Waals surface area contributed by atoms with Crippen molar-refractivity contribution in [1.29, 1.82) is 0 Å². The molecule has 7 heteroatoms. The molecule has 1 amide bonds. The molecule has 2 aliphatic heterocycles. The number of hydrogen-bond acceptors (Lipinski definition) is 5. The van der Waals surface area contributed by atoms with E-state index in [9.17, 15) is 4.79 Å². The largest absolute Gasteiger partial charge is 0.376 e. The van der Waals surface area contributed by atoms with Crippen LogP contribution in [0.1, 0.15) is 39.0 Å². The average molecular weight is 321 g/mol. The number of rotatable bonds is 6. The van der Waals surface area contributed by atoms with Gasteiger partial charge in [0.25, 0.3) is 0 Å². The number of aromatic nitrogens is 3. The van der Waals surface area contributed by atoms with Crippen LogP contribution in [0.25, 0.3) is 0 Å². The van der Waals surface area contributed by atoms with E-state index in [1.165, 1.54) is 6.42 Å². The molecule has 3 rings (SSSR count). The molecule has 0 unspecified atom stereocenters. The van der Waals surface area contributed by atoms with Gasteiger partial charge in [0.15, 0.2) is 0 Å². The lowest BCUT2D eigenvalue weighted by Crippen LogP contribution is -2.53. The Labute approximate surface area is 137 Å². The molecule has 2 fully saturated rings. The van der Waals surface area contributed by atoms with E-state index in [1.54, 1.807) is 12.7 Å².